The van der Waals surface area contributed by atoms with Crippen LogP contribution in [0.1, 0.15) is 6.42 Å². The van der Waals surface area contributed by atoms with Gasteiger partial charge in [-0.25, -0.2) is 4.98 Å². The second-order valence-electron chi connectivity index (χ2n) is 5.61. The number of hydrogen-bond acceptors (Lipinski definition) is 11. The van der Waals surface area contributed by atoms with Gasteiger partial charge < -0.3 is 57.7 Å². The van der Waals surface area contributed by atoms with Crippen molar-refractivity contribution in [3.63, 3.8) is 0 Å². The minimum atomic E-state index is -1.21. The number of aliphatic hydroxyl groups is 6. The van der Waals surface area contributed by atoms with E-state index in [0.717, 1.165) is 13.0 Å². The summed E-state index contributed by atoms with van der Waals surface area (Å²) in [5.74, 6) is 0. The van der Waals surface area contributed by atoms with Crippen molar-refractivity contribution in [3.8, 4) is 0 Å². The van der Waals surface area contributed by atoms with E-state index in [1.165, 1.54) is 0 Å². The molecule has 12 heteroatoms. The van der Waals surface area contributed by atoms with Crippen LogP contribution in [0, 0.1) is 0 Å². The molecule has 0 fully saturated rings. The fourth-order valence-corrected chi connectivity index (χ4v) is 1.04. The highest BCUT2D eigenvalue weighted by molar-refractivity contribution is 4.80. The standard InChI is InChI=1S/C6H16N2O2.C4H11NO3.C3H4N2.C3H9NO/c7-2-1-3-8-4-6(10)5-9;5-4(1-6,2-7)3-8;1-2-5-3-4-1;1-4-2-3-5/h6,8-10H,1-5,7H2;6-8H,1-3,5H2;1-3H,(H,4,5);4-5H,2-3H2,1H3. The number of aromatic amines is 1. The number of rotatable bonds is 11. The summed E-state index contributed by atoms with van der Waals surface area (Å²) in [6, 6.07) is 0. The molecule has 1 atom stereocenters. The number of nitrogens with zero attached hydrogens (tertiary/aromatic N) is 1. The Bertz CT molecular complexity index is 330. The fourth-order valence-electron chi connectivity index (χ4n) is 1.04. The van der Waals surface area contributed by atoms with E-state index >= 15 is 0 Å². The molecule has 12 nitrogen and oxygen atoms in total. The van der Waals surface area contributed by atoms with Crippen molar-refractivity contribution in [3.05, 3.63) is 18.7 Å². The number of aromatic nitrogens is 2. The minimum absolute atomic E-state index is 0.185. The molecule has 0 saturated carbocycles. The minimum Gasteiger partial charge on any atom is -0.395 e. The van der Waals surface area contributed by atoms with Gasteiger partial charge in [0.2, 0.25) is 0 Å². The fraction of sp³-hybridized carbons (Fsp3) is 0.812. The van der Waals surface area contributed by atoms with E-state index in [2.05, 4.69) is 20.6 Å². The van der Waals surface area contributed by atoms with Crippen LogP contribution < -0.4 is 22.1 Å². The normalized spacial score (nSPS) is 11.2. The van der Waals surface area contributed by atoms with Gasteiger partial charge in [0, 0.05) is 25.5 Å². The van der Waals surface area contributed by atoms with Gasteiger partial charge in [0.25, 0.3) is 0 Å². The summed E-state index contributed by atoms with van der Waals surface area (Å²) in [5.41, 5.74) is 9.16. The van der Waals surface area contributed by atoms with E-state index in [0.29, 0.717) is 19.6 Å². The molecule has 0 radical (unpaired) electrons. The number of nitrogens with one attached hydrogen (secondary N) is 3. The number of H-pyrrole nitrogens is 1. The van der Waals surface area contributed by atoms with Crippen molar-refractivity contribution in [2.24, 2.45) is 11.5 Å². The van der Waals surface area contributed by atoms with E-state index in [-0.39, 0.29) is 13.2 Å². The predicted molar refractivity (Wildman–Crippen MR) is 107 cm³/mol. The van der Waals surface area contributed by atoms with Crippen LogP contribution >= 0.6 is 0 Å². The third kappa shape index (κ3) is 27.0. The van der Waals surface area contributed by atoms with E-state index in [9.17, 15) is 0 Å². The van der Waals surface area contributed by atoms with Gasteiger partial charge in [-0.2, -0.15) is 0 Å². The Morgan fingerprint density at radius 1 is 1.11 bits per heavy atom. The third-order valence-electron chi connectivity index (χ3n) is 2.86. The van der Waals surface area contributed by atoms with Crippen LogP contribution in [0.25, 0.3) is 0 Å². The van der Waals surface area contributed by atoms with Crippen LogP contribution in [-0.4, -0.2) is 119 Å². The maximum Gasteiger partial charge on any atom is 0.0919 e. The molecular weight excluding hydrogens is 372 g/mol. The van der Waals surface area contributed by atoms with Crippen molar-refractivity contribution in [1.29, 1.82) is 0 Å². The molecule has 1 aromatic rings. The third-order valence-corrected chi connectivity index (χ3v) is 2.86. The Balaban J connectivity index is -0.000000310. The SMILES string of the molecule is CNCCO.NC(CO)(CO)CO.NCCCNCC(O)CO.c1c[nH]cn1. The first-order chi connectivity index (χ1) is 13.4. The van der Waals surface area contributed by atoms with E-state index in [4.69, 9.17) is 42.1 Å². The second-order valence-corrected chi connectivity index (χ2v) is 5.61. The highest BCUT2D eigenvalue weighted by atomic mass is 16.3. The van der Waals surface area contributed by atoms with Crippen molar-refractivity contribution in [1.82, 2.24) is 20.6 Å². The maximum absolute atomic E-state index is 8.81. The van der Waals surface area contributed by atoms with Gasteiger partial charge >= 0.3 is 0 Å². The molecule has 0 saturated heterocycles. The quantitative estimate of drug-likeness (QED) is 0.155. The van der Waals surface area contributed by atoms with Gasteiger partial charge in [0.1, 0.15) is 0 Å². The largest absolute Gasteiger partial charge is 0.395 e. The number of aliphatic hydroxyl groups excluding tert-OH is 6. The van der Waals surface area contributed by atoms with Crippen LogP contribution in [0.2, 0.25) is 0 Å². The second kappa shape index (κ2) is 25.8. The summed E-state index contributed by atoms with van der Waals surface area (Å²) in [4.78, 5) is 6.42. The molecule has 170 valence electrons. The molecule has 0 amide bonds. The Hall–Kier alpha value is -1.19. The molecule has 1 aromatic heterocycles. The van der Waals surface area contributed by atoms with Crippen LogP contribution in [0.5, 0.6) is 0 Å². The molecule has 1 rings (SSSR count). The zero-order chi connectivity index (χ0) is 22.1. The maximum atomic E-state index is 8.81. The van der Waals surface area contributed by atoms with Gasteiger partial charge in [-0.15, -0.1) is 0 Å². The molecule has 0 spiro atoms. The molecule has 0 aromatic carbocycles. The van der Waals surface area contributed by atoms with Gasteiger partial charge in [-0.3, -0.25) is 0 Å². The molecule has 0 aliphatic heterocycles. The zero-order valence-electron chi connectivity index (χ0n) is 16.7. The highest BCUT2D eigenvalue weighted by Crippen LogP contribution is 1.93. The Morgan fingerprint density at radius 2 is 1.71 bits per heavy atom. The Kier molecular flexibility index (Phi) is 29.0. The molecular formula is C16H40N6O6. The van der Waals surface area contributed by atoms with Crippen LogP contribution in [0.4, 0.5) is 0 Å². The number of hydrogen-bond donors (Lipinski definition) is 11. The lowest BCUT2D eigenvalue weighted by Gasteiger charge is -2.20. The van der Waals surface area contributed by atoms with Crippen molar-refractivity contribution in [2.45, 2.75) is 18.1 Å². The lowest BCUT2D eigenvalue weighted by Crippen LogP contribution is -2.50. The van der Waals surface area contributed by atoms with Gasteiger partial charge in [0.05, 0.1) is 51.0 Å². The first-order valence-corrected chi connectivity index (χ1v) is 8.90. The summed E-state index contributed by atoms with van der Waals surface area (Å²) in [7, 11) is 1.80. The molecule has 13 N–H and O–H groups in total. The molecule has 0 aliphatic carbocycles. The van der Waals surface area contributed by atoms with Crippen molar-refractivity contribution >= 4 is 0 Å². The number of imidazole rings is 1. The Labute approximate surface area is 166 Å². The molecule has 1 unspecified atom stereocenters. The molecule has 1 heterocycles. The first kappa shape index (κ1) is 31.5. The lowest BCUT2D eigenvalue weighted by molar-refractivity contribution is 0.0697. The summed E-state index contributed by atoms with van der Waals surface area (Å²) >= 11 is 0. The van der Waals surface area contributed by atoms with Crippen LogP contribution in [0.15, 0.2) is 18.7 Å². The molecule has 28 heavy (non-hydrogen) atoms. The van der Waals surface area contributed by atoms with E-state index in [1.807, 2.05) is 0 Å². The van der Waals surface area contributed by atoms with Gasteiger partial charge in [-0.05, 0) is 26.6 Å². The van der Waals surface area contributed by atoms with E-state index < -0.39 is 31.5 Å². The number of likely N-dealkylation sites (N-methyl/N-ethyl adjacent to an activating group) is 1. The van der Waals surface area contributed by atoms with Crippen LogP contribution in [0.3, 0.4) is 0 Å². The Morgan fingerprint density at radius 3 is 1.93 bits per heavy atom. The zero-order valence-corrected chi connectivity index (χ0v) is 16.7. The van der Waals surface area contributed by atoms with Crippen LogP contribution in [-0.2, 0) is 0 Å². The van der Waals surface area contributed by atoms with Crippen molar-refractivity contribution in [2.75, 3.05) is 66.3 Å². The topological polar surface area (TPSA) is 226 Å². The molecule has 0 bridgehead atoms. The summed E-state index contributed by atoms with van der Waals surface area (Å²) in [6.45, 7) is 1.43. The van der Waals surface area contributed by atoms with Crippen molar-refractivity contribution < 1.29 is 30.6 Å². The summed E-state index contributed by atoms with van der Waals surface area (Å²) in [6.07, 6.45) is 5.34. The average molecular weight is 413 g/mol. The number of nitrogens with two attached hydrogens (primary N) is 2. The average Bonchev–Trinajstić information content (AvgIpc) is 3.32. The first-order valence-electron chi connectivity index (χ1n) is 8.90. The summed E-state index contributed by atoms with van der Waals surface area (Å²) < 4.78 is 0. The lowest BCUT2D eigenvalue weighted by atomic mass is 10.1. The predicted octanol–water partition coefficient (Wildman–Crippen LogP) is -4.45. The highest BCUT2D eigenvalue weighted by Gasteiger charge is 2.20. The van der Waals surface area contributed by atoms with E-state index in [1.54, 1.807) is 25.8 Å². The summed E-state index contributed by atoms with van der Waals surface area (Å²) in [5, 5.41) is 55.9. The molecule has 0 aliphatic rings. The smallest absolute Gasteiger partial charge is 0.0919 e. The van der Waals surface area contributed by atoms with Gasteiger partial charge in [-0.1, -0.05) is 0 Å². The van der Waals surface area contributed by atoms with Gasteiger partial charge in [0.15, 0.2) is 0 Å². The monoisotopic (exact) mass is 412 g/mol.